The number of nitrogens with zero attached hydrogens (tertiary/aromatic N) is 4. The Morgan fingerprint density at radius 1 is 1.62 bits per heavy atom. The number of pyridine rings is 1. The van der Waals surface area contributed by atoms with Crippen molar-refractivity contribution in [1.29, 1.82) is 0 Å². The monoisotopic (exact) mass is 291 g/mol. The summed E-state index contributed by atoms with van der Waals surface area (Å²) in [4.78, 5) is 25.0. The lowest BCUT2D eigenvalue weighted by molar-refractivity contribution is -0.384. The lowest BCUT2D eigenvalue weighted by atomic mass is 10.2. The van der Waals surface area contributed by atoms with Crippen LogP contribution in [0.15, 0.2) is 30.7 Å². The fraction of sp³-hybridized carbons (Fsp3) is 0.250. The quantitative estimate of drug-likeness (QED) is 0.608. The van der Waals surface area contributed by atoms with Gasteiger partial charge in [-0.2, -0.15) is 5.10 Å². The second-order valence-electron chi connectivity index (χ2n) is 4.43. The number of hydrogen-bond donors (Lipinski definition) is 2. The summed E-state index contributed by atoms with van der Waals surface area (Å²) in [7, 11) is 0. The molecule has 110 valence electrons. The van der Waals surface area contributed by atoms with Gasteiger partial charge in [-0.05, 0) is 13.0 Å². The van der Waals surface area contributed by atoms with Crippen molar-refractivity contribution in [1.82, 2.24) is 14.8 Å². The van der Waals surface area contributed by atoms with Gasteiger partial charge in [0.05, 0.1) is 17.0 Å². The van der Waals surface area contributed by atoms with Crippen LogP contribution in [0.3, 0.4) is 0 Å². The van der Waals surface area contributed by atoms with Crippen LogP contribution in [0.1, 0.15) is 17.3 Å². The van der Waals surface area contributed by atoms with Gasteiger partial charge < -0.3 is 10.4 Å². The van der Waals surface area contributed by atoms with Crippen molar-refractivity contribution in [2.75, 3.05) is 5.32 Å². The van der Waals surface area contributed by atoms with E-state index in [0.29, 0.717) is 6.54 Å². The van der Waals surface area contributed by atoms with Crippen LogP contribution in [0.4, 0.5) is 11.5 Å². The highest BCUT2D eigenvalue weighted by molar-refractivity contribution is 5.88. The van der Waals surface area contributed by atoms with Crippen LogP contribution in [0.2, 0.25) is 0 Å². The van der Waals surface area contributed by atoms with E-state index in [1.165, 1.54) is 0 Å². The summed E-state index contributed by atoms with van der Waals surface area (Å²) < 4.78 is 1.68. The van der Waals surface area contributed by atoms with Crippen LogP contribution in [0.25, 0.3) is 0 Å². The number of carboxylic acid groups (broad SMARTS) is 1. The molecule has 0 aliphatic rings. The molecule has 0 spiro atoms. The molecule has 0 aliphatic heterocycles. The summed E-state index contributed by atoms with van der Waals surface area (Å²) >= 11 is 0. The van der Waals surface area contributed by atoms with Crippen LogP contribution in [-0.4, -0.2) is 36.8 Å². The summed E-state index contributed by atoms with van der Waals surface area (Å²) in [5.41, 5.74) is -0.603. The SMILES string of the molecule is CC(Cn1cccn1)Nc1ncc(C(=O)O)cc1[N+](=O)[O-]. The van der Waals surface area contributed by atoms with Gasteiger partial charge in [0.2, 0.25) is 5.82 Å². The Bertz CT molecular complexity index is 656. The van der Waals surface area contributed by atoms with E-state index in [9.17, 15) is 14.9 Å². The molecule has 2 N–H and O–H groups in total. The van der Waals surface area contributed by atoms with Crippen molar-refractivity contribution in [2.45, 2.75) is 19.5 Å². The summed E-state index contributed by atoms with van der Waals surface area (Å²) in [6.07, 6.45) is 4.49. The lowest BCUT2D eigenvalue weighted by Crippen LogP contribution is -2.23. The summed E-state index contributed by atoms with van der Waals surface area (Å²) in [6, 6.07) is 2.58. The number of rotatable bonds is 6. The number of nitro groups is 1. The molecule has 2 aromatic rings. The van der Waals surface area contributed by atoms with Crippen molar-refractivity contribution >= 4 is 17.5 Å². The standard InChI is InChI=1S/C12H13N5O4/c1-8(7-16-4-2-3-14-16)15-11-10(17(20)21)5-9(6-13-11)12(18)19/h2-6,8H,7H2,1H3,(H,13,15)(H,18,19). The third-order valence-electron chi connectivity index (χ3n) is 2.71. The van der Waals surface area contributed by atoms with Crippen LogP contribution in [0.5, 0.6) is 0 Å². The van der Waals surface area contributed by atoms with Gasteiger partial charge >= 0.3 is 11.7 Å². The van der Waals surface area contributed by atoms with Crippen molar-refractivity contribution in [2.24, 2.45) is 0 Å². The number of aromatic carboxylic acids is 1. The largest absolute Gasteiger partial charge is 0.478 e. The molecule has 1 atom stereocenters. The number of carbonyl (C=O) groups is 1. The fourth-order valence-corrected chi connectivity index (χ4v) is 1.79. The second-order valence-corrected chi connectivity index (χ2v) is 4.43. The molecule has 0 amide bonds. The van der Waals surface area contributed by atoms with Crippen molar-refractivity contribution in [3.05, 3.63) is 46.4 Å². The minimum atomic E-state index is -1.26. The molecule has 0 saturated heterocycles. The second kappa shape index (κ2) is 5.99. The maximum absolute atomic E-state index is 11.0. The molecule has 0 aliphatic carbocycles. The molecular formula is C12H13N5O4. The topological polar surface area (TPSA) is 123 Å². The Morgan fingerprint density at radius 2 is 2.38 bits per heavy atom. The fourth-order valence-electron chi connectivity index (χ4n) is 1.79. The minimum Gasteiger partial charge on any atom is -0.478 e. The average Bonchev–Trinajstić information content (AvgIpc) is 2.91. The molecule has 0 saturated carbocycles. The Morgan fingerprint density at radius 3 is 2.95 bits per heavy atom. The number of carboxylic acids is 1. The lowest BCUT2D eigenvalue weighted by Gasteiger charge is -2.14. The first-order chi connectivity index (χ1) is 9.97. The van der Waals surface area contributed by atoms with Gasteiger partial charge in [0.15, 0.2) is 0 Å². The molecule has 2 rings (SSSR count). The van der Waals surface area contributed by atoms with Crippen LogP contribution < -0.4 is 5.32 Å². The molecule has 2 heterocycles. The third kappa shape index (κ3) is 3.53. The van der Waals surface area contributed by atoms with Crippen molar-refractivity contribution in [3.8, 4) is 0 Å². The Labute approximate surface area is 119 Å². The van der Waals surface area contributed by atoms with E-state index in [1.807, 2.05) is 6.92 Å². The Balaban J connectivity index is 2.18. The van der Waals surface area contributed by atoms with Gasteiger partial charge in [0.25, 0.3) is 0 Å². The molecule has 0 fully saturated rings. The molecule has 21 heavy (non-hydrogen) atoms. The maximum Gasteiger partial charge on any atom is 0.337 e. The molecule has 0 bridgehead atoms. The zero-order valence-corrected chi connectivity index (χ0v) is 11.1. The minimum absolute atomic E-state index is 0.0321. The van der Waals surface area contributed by atoms with Crippen molar-refractivity contribution in [3.63, 3.8) is 0 Å². The van der Waals surface area contributed by atoms with E-state index in [-0.39, 0.29) is 23.1 Å². The average molecular weight is 291 g/mol. The van der Waals surface area contributed by atoms with Crippen molar-refractivity contribution < 1.29 is 14.8 Å². The maximum atomic E-state index is 11.0. The van der Waals surface area contributed by atoms with Gasteiger partial charge in [-0.3, -0.25) is 14.8 Å². The molecule has 2 aromatic heterocycles. The Hall–Kier alpha value is -2.97. The number of anilines is 1. The van der Waals surface area contributed by atoms with Crippen LogP contribution in [-0.2, 0) is 6.54 Å². The highest BCUT2D eigenvalue weighted by Gasteiger charge is 2.20. The zero-order chi connectivity index (χ0) is 15.4. The first kappa shape index (κ1) is 14.4. The molecule has 9 heteroatoms. The van der Waals surface area contributed by atoms with Crippen LogP contribution in [0, 0.1) is 10.1 Å². The molecule has 0 radical (unpaired) electrons. The van der Waals surface area contributed by atoms with Gasteiger partial charge in [0.1, 0.15) is 0 Å². The summed E-state index contributed by atoms with van der Waals surface area (Å²) in [5.74, 6) is -1.23. The third-order valence-corrected chi connectivity index (χ3v) is 2.71. The predicted octanol–water partition coefficient (Wildman–Crippen LogP) is 1.39. The smallest absolute Gasteiger partial charge is 0.337 e. The number of nitrogens with one attached hydrogen (secondary N) is 1. The van der Waals surface area contributed by atoms with E-state index in [2.05, 4.69) is 15.4 Å². The predicted molar refractivity (Wildman–Crippen MR) is 73.2 cm³/mol. The Kier molecular flexibility index (Phi) is 4.12. The van der Waals surface area contributed by atoms with Gasteiger partial charge in [0, 0.05) is 30.7 Å². The first-order valence-electron chi connectivity index (χ1n) is 6.09. The van der Waals surface area contributed by atoms with Crippen LogP contribution >= 0.6 is 0 Å². The molecule has 1 unspecified atom stereocenters. The number of hydrogen-bond acceptors (Lipinski definition) is 6. The van der Waals surface area contributed by atoms with E-state index < -0.39 is 10.9 Å². The summed E-state index contributed by atoms with van der Waals surface area (Å²) in [6.45, 7) is 2.31. The zero-order valence-electron chi connectivity index (χ0n) is 11.1. The highest BCUT2D eigenvalue weighted by atomic mass is 16.6. The summed E-state index contributed by atoms with van der Waals surface area (Å²) in [5, 5.41) is 26.8. The molecule has 9 nitrogen and oxygen atoms in total. The number of aromatic nitrogens is 3. The van der Waals surface area contributed by atoms with Gasteiger partial charge in [-0.1, -0.05) is 0 Å². The molecule has 0 aromatic carbocycles. The van der Waals surface area contributed by atoms with E-state index in [1.54, 1.807) is 23.1 Å². The van der Waals surface area contributed by atoms with Gasteiger partial charge in [-0.15, -0.1) is 0 Å². The van der Waals surface area contributed by atoms with Gasteiger partial charge in [-0.25, -0.2) is 9.78 Å². The first-order valence-corrected chi connectivity index (χ1v) is 6.09. The van der Waals surface area contributed by atoms with E-state index in [4.69, 9.17) is 5.11 Å². The van der Waals surface area contributed by atoms with E-state index in [0.717, 1.165) is 12.3 Å². The molecular weight excluding hydrogens is 278 g/mol. The highest BCUT2D eigenvalue weighted by Crippen LogP contribution is 2.23. The normalized spacial score (nSPS) is 11.9. The van der Waals surface area contributed by atoms with E-state index >= 15 is 0 Å².